The molecule has 7 nitrogen and oxygen atoms in total. The number of pyridine rings is 1. The second-order valence-electron chi connectivity index (χ2n) is 5.92. The van der Waals surface area contributed by atoms with Gasteiger partial charge < -0.3 is 14.8 Å². The molecule has 0 bridgehead atoms. The van der Waals surface area contributed by atoms with Gasteiger partial charge in [0.05, 0.1) is 30.5 Å². The first-order valence-electron chi connectivity index (χ1n) is 8.51. The maximum Gasteiger partial charge on any atom is 0.340 e. The highest BCUT2D eigenvalue weighted by Gasteiger charge is 2.12. The molecular weight excluding hydrogens is 378 g/mol. The summed E-state index contributed by atoms with van der Waals surface area (Å²) in [7, 11) is 1.55. The number of ether oxygens (including phenoxy) is 2. The molecule has 0 aliphatic carbocycles. The van der Waals surface area contributed by atoms with Crippen LogP contribution < -0.4 is 10.1 Å². The van der Waals surface area contributed by atoms with Crippen molar-refractivity contribution in [3.8, 4) is 5.75 Å². The minimum Gasteiger partial charge on any atom is -0.495 e. The maximum atomic E-state index is 12.2. The molecule has 3 aromatic rings. The van der Waals surface area contributed by atoms with Crippen molar-refractivity contribution in [3.63, 3.8) is 0 Å². The second-order valence-corrected chi connectivity index (χ2v) is 6.86. The molecule has 3 rings (SSSR count). The Morgan fingerprint density at radius 2 is 2.00 bits per heavy atom. The molecule has 0 aliphatic rings. The zero-order chi connectivity index (χ0) is 19.9. The van der Waals surface area contributed by atoms with Gasteiger partial charge in [-0.25, -0.2) is 9.78 Å². The number of aryl methyl sites for hydroxylation is 1. The van der Waals surface area contributed by atoms with Crippen LogP contribution in [0.3, 0.4) is 0 Å². The Hall–Kier alpha value is -3.26. The summed E-state index contributed by atoms with van der Waals surface area (Å²) in [4.78, 5) is 32.7. The minimum absolute atomic E-state index is 0.0390. The van der Waals surface area contributed by atoms with E-state index in [4.69, 9.17) is 9.47 Å². The van der Waals surface area contributed by atoms with Gasteiger partial charge in [0.1, 0.15) is 17.4 Å². The second kappa shape index (κ2) is 9.09. The third kappa shape index (κ3) is 5.14. The van der Waals surface area contributed by atoms with Crippen LogP contribution in [-0.4, -0.2) is 29.0 Å². The summed E-state index contributed by atoms with van der Waals surface area (Å²) in [6.07, 6.45) is 1.60. The van der Waals surface area contributed by atoms with E-state index in [0.717, 1.165) is 5.69 Å². The number of carbonyl (C=O) groups excluding carboxylic acids is 2. The quantitative estimate of drug-likeness (QED) is 0.615. The highest BCUT2D eigenvalue weighted by molar-refractivity contribution is 7.09. The van der Waals surface area contributed by atoms with Gasteiger partial charge in [0.15, 0.2) is 0 Å². The zero-order valence-electron chi connectivity index (χ0n) is 15.5. The third-order valence-corrected chi connectivity index (χ3v) is 4.69. The number of hydrogen-bond acceptors (Lipinski definition) is 7. The summed E-state index contributed by atoms with van der Waals surface area (Å²) in [5.74, 6) is -0.0720. The van der Waals surface area contributed by atoms with Crippen LogP contribution in [0.5, 0.6) is 5.75 Å². The molecule has 0 saturated heterocycles. The molecule has 1 N–H and O–H groups in total. The smallest absolute Gasteiger partial charge is 0.340 e. The Morgan fingerprint density at radius 3 is 2.75 bits per heavy atom. The molecule has 0 unspecified atom stereocenters. The predicted molar refractivity (Wildman–Crippen MR) is 106 cm³/mol. The summed E-state index contributed by atoms with van der Waals surface area (Å²) in [5.41, 5.74) is 2.41. The fourth-order valence-corrected chi connectivity index (χ4v) is 3.16. The SMILES string of the molecule is COc1ccccc1NC(=O)Cc1nc(COC(=O)c2ccc(C)nc2)cs1. The Bertz CT molecular complexity index is 970. The number of anilines is 1. The molecule has 0 fully saturated rings. The van der Waals surface area contributed by atoms with Crippen LogP contribution in [-0.2, 0) is 22.6 Å². The lowest BCUT2D eigenvalue weighted by atomic mass is 10.2. The van der Waals surface area contributed by atoms with Crippen molar-refractivity contribution in [2.24, 2.45) is 0 Å². The Labute approximate surface area is 166 Å². The number of thiazole rings is 1. The molecule has 0 saturated carbocycles. The zero-order valence-corrected chi connectivity index (χ0v) is 16.3. The molecule has 1 amide bonds. The van der Waals surface area contributed by atoms with E-state index in [9.17, 15) is 9.59 Å². The summed E-state index contributed by atoms with van der Waals surface area (Å²) < 4.78 is 10.5. The Kier molecular flexibility index (Phi) is 6.33. The van der Waals surface area contributed by atoms with Crippen molar-refractivity contribution < 1.29 is 19.1 Å². The first-order chi connectivity index (χ1) is 13.5. The summed E-state index contributed by atoms with van der Waals surface area (Å²) in [5, 5.41) is 5.21. The highest BCUT2D eigenvalue weighted by atomic mass is 32.1. The van der Waals surface area contributed by atoms with Crippen molar-refractivity contribution in [1.82, 2.24) is 9.97 Å². The fourth-order valence-electron chi connectivity index (χ4n) is 2.39. The van der Waals surface area contributed by atoms with Crippen LogP contribution in [0.25, 0.3) is 0 Å². The monoisotopic (exact) mass is 397 g/mol. The lowest BCUT2D eigenvalue weighted by Crippen LogP contribution is -2.15. The van der Waals surface area contributed by atoms with E-state index in [-0.39, 0.29) is 18.9 Å². The Morgan fingerprint density at radius 1 is 1.18 bits per heavy atom. The molecule has 0 spiro atoms. The van der Waals surface area contributed by atoms with Crippen molar-refractivity contribution >= 4 is 28.9 Å². The number of aromatic nitrogens is 2. The van der Waals surface area contributed by atoms with Crippen LogP contribution in [0.4, 0.5) is 5.69 Å². The van der Waals surface area contributed by atoms with Crippen molar-refractivity contribution in [2.75, 3.05) is 12.4 Å². The number of para-hydroxylation sites is 2. The molecular formula is C20H19N3O4S. The van der Waals surface area contributed by atoms with Crippen LogP contribution >= 0.6 is 11.3 Å². The highest BCUT2D eigenvalue weighted by Crippen LogP contribution is 2.23. The van der Waals surface area contributed by atoms with Crippen molar-refractivity contribution in [1.29, 1.82) is 0 Å². The lowest BCUT2D eigenvalue weighted by Gasteiger charge is -2.08. The number of nitrogens with zero attached hydrogens (tertiary/aromatic N) is 2. The van der Waals surface area contributed by atoms with Gasteiger partial charge in [-0.3, -0.25) is 9.78 Å². The maximum absolute atomic E-state index is 12.2. The summed E-state index contributed by atoms with van der Waals surface area (Å²) in [6.45, 7) is 1.88. The minimum atomic E-state index is -0.462. The van der Waals surface area contributed by atoms with Crippen LogP contribution in [0.15, 0.2) is 48.0 Å². The van der Waals surface area contributed by atoms with Gasteiger partial charge in [0.25, 0.3) is 0 Å². The number of rotatable bonds is 7. The third-order valence-electron chi connectivity index (χ3n) is 3.79. The number of nitrogens with one attached hydrogen (secondary N) is 1. The summed E-state index contributed by atoms with van der Waals surface area (Å²) in [6, 6.07) is 10.6. The van der Waals surface area contributed by atoms with Gasteiger partial charge in [-0.15, -0.1) is 11.3 Å². The first-order valence-corrected chi connectivity index (χ1v) is 9.39. The predicted octanol–water partition coefficient (Wildman–Crippen LogP) is 3.39. The van der Waals surface area contributed by atoms with E-state index in [2.05, 4.69) is 15.3 Å². The average molecular weight is 397 g/mol. The lowest BCUT2D eigenvalue weighted by molar-refractivity contribution is -0.115. The van der Waals surface area contributed by atoms with E-state index in [1.807, 2.05) is 19.1 Å². The number of methoxy groups -OCH3 is 1. The molecule has 8 heteroatoms. The van der Waals surface area contributed by atoms with Crippen LogP contribution in [0.2, 0.25) is 0 Å². The molecule has 28 heavy (non-hydrogen) atoms. The van der Waals surface area contributed by atoms with E-state index < -0.39 is 5.97 Å². The van der Waals surface area contributed by atoms with Crippen molar-refractivity contribution in [2.45, 2.75) is 20.0 Å². The van der Waals surface area contributed by atoms with Gasteiger partial charge in [0, 0.05) is 17.3 Å². The fraction of sp³-hybridized carbons (Fsp3) is 0.200. The number of benzene rings is 1. The molecule has 2 heterocycles. The number of esters is 1. The van der Waals surface area contributed by atoms with E-state index >= 15 is 0 Å². The average Bonchev–Trinajstić information content (AvgIpc) is 3.14. The van der Waals surface area contributed by atoms with Gasteiger partial charge in [-0.05, 0) is 31.2 Å². The number of hydrogen-bond donors (Lipinski definition) is 1. The van der Waals surface area contributed by atoms with Crippen LogP contribution in [0, 0.1) is 6.92 Å². The number of amides is 1. The van der Waals surface area contributed by atoms with E-state index in [0.29, 0.717) is 27.7 Å². The summed E-state index contributed by atoms with van der Waals surface area (Å²) >= 11 is 1.34. The molecule has 0 radical (unpaired) electrons. The molecule has 2 aromatic heterocycles. The van der Waals surface area contributed by atoms with E-state index in [1.54, 1.807) is 36.8 Å². The normalized spacial score (nSPS) is 10.4. The number of carbonyl (C=O) groups is 2. The van der Waals surface area contributed by atoms with E-state index in [1.165, 1.54) is 17.5 Å². The Balaban J connectivity index is 1.53. The molecule has 144 valence electrons. The first kappa shape index (κ1) is 19.5. The molecule has 0 atom stereocenters. The molecule has 1 aromatic carbocycles. The standard InChI is InChI=1S/C20H19N3O4S/c1-13-7-8-14(10-21-13)20(25)27-11-15-12-28-19(22-15)9-18(24)23-16-5-3-4-6-17(16)26-2/h3-8,10,12H,9,11H2,1-2H3,(H,23,24). The van der Waals surface area contributed by atoms with Gasteiger partial charge in [-0.1, -0.05) is 12.1 Å². The van der Waals surface area contributed by atoms with Crippen LogP contribution in [0.1, 0.15) is 26.8 Å². The van der Waals surface area contributed by atoms with Crippen molar-refractivity contribution in [3.05, 3.63) is 69.9 Å². The van der Waals surface area contributed by atoms with Gasteiger partial charge in [0.2, 0.25) is 5.91 Å². The van der Waals surface area contributed by atoms with Gasteiger partial charge >= 0.3 is 5.97 Å². The van der Waals surface area contributed by atoms with Gasteiger partial charge in [-0.2, -0.15) is 0 Å². The molecule has 0 aliphatic heterocycles. The topological polar surface area (TPSA) is 90.4 Å². The largest absolute Gasteiger partial charge is 0.495 e.